The van der Waals surface area contributed by atoms with Gasteiger partial charge >= 0.3 is 0 Å². The van der Waals surface area contributed by atoms with Gasteiger partial charge in [-0.1, -0.05) is 23.2 Å². The van der Waals surface area contributed by atoms with Gasteiger partial charge in [0.05, 0.1) is 28.1 Å². The topological polar surface area (TPSA) is 93.6 Å². The molecule has 0 aliphatic carbocycles. The van der Waals surface area contributed by atoms with Crippen molar-refractivity contribution in [3.8, 4) is 6.07 Å². The Morgan fingerprint density at radius 1 is 1.24 bits per heavy atom. The highest BCUT2D eigenvalue weighted by molar-refractivity contribution is 6.36. The number of anilines is 2. The number of hydrogen-bond donors (Lipinski definition) is 3. The number of H-pyrrole nitrogens is 1. The van der Waals surface area contributed by atoms with Gasteiger partial charge in [0.25, 0.3) is 5.91 Å². The number of imidazole rings is 1. The highest BCUT2D eigenvalue weighted by Crippen LogP contribution is 2.25. The van der Waals surface area contributed by atoms with Crippen LogP contribution in [-0.2, 0) is 4.79 Å². The first-order valence-electron chi connectivity index (χ1n) is 7.13. The fourth-order valence-corrected chi connectivity index (χ4v) is 2.45. The lowest BCUT2D eigenvalue weighted by molar-refractivity contribution is -0.112. The molecule has 0 radical (unpaired) electrons. The lowest BCUT2D eigenvalue weighted by atomic mass is 10.2. The number of fused-ring (bicyclic) bond motifs is 1. The number of aromatic nitrogens is 2. The molecule has 1 aromatic heterocycles. The molecule has 0 saturated carbocycles. The minimum atomic E-state index is -0.596. The summed E-state index contributed by atoms with van der Waals surface area (Å²) in [6, 6.07) is 12.0. The van der Waals surface area contributed by atoms with Crippen molar-refractivity contribution in [1.82, 2.24) is 9.97 Å². The Hall–Kier alpha value is -3.01. The number of aromatic amines is 1. The van der Waals surface area contributed by atoms with Crippen LogP contribution in [0.2, 0.25) is 10.0 Å². The normalized spacial score (nSPS) is 11.2. The van der Waals surface area contributed by atoms with E-state index in [9.17, 15) is 10.1 Å². The fourth-order valence-electron chi connectivity index (χ4n) is 2.11. The van der Waals surface area contributed by atoms with Crippen LogP contribution >= 0.6 is 23.2 Å². The van der Waals surface area contributed by atoms with Gasteiger partial charge in [0.15, 0.2) is 0 Å². The number of amides is 1. The number of nitriles is 1. The summed E-state index contributed by atoms with van der Waals surface area (Å²) in [5, 5.41) is 15.5. The zero-order chi connectivity index (χ0) is 17.8. The highest BCUT2D eigenvalue weighted by atomic mass is 35.5. The molecule has 3 N–H and O–H groups in total. The first-order valence-corrected chi connectivity index (χ1v) is 7.89. The third kappa shape index (κ3) is 3.91. The summed E-state index contributed by atoms with van der Waals surface area (Å²) in [7, 11) is 0. The molecule has 8 heteroatoms. The molecule has 0 unspecified atom stereocenters. The van der Waals surface area contributed by atoms with Gasteiger partial charge in [0, 0.05) is 16.9 Å². The third-order valence-electron chi connectivity index (χ3n) is 3.35. The predicted octanol–water partition coefficient (Wildman–Crippen LogP) is 4.33. The van der Waals surface area contributed by atoms with Crippen molar-refractivity contribution in [2.45, 2.75) is 0 Å². The van der Waals surface area contributed by atoms with E-state index in [2.05, 4.69) is 20.6 Å². The number of carbonyl (C=O) groups is 1. The Morgan fingerprint density at radius 2 is 2.08 bits per heavy atom. The van der Waals surface area contributed by atoms with Gasteiger partial charge in [0.2, 0.25) is 0 Å². The number of rotatable bonds is 4. The lowest BCUT2D eigenvalue weighted by Crippen LogP contribution is -2.14. The van der Waals surface area contributed by atoms with Gasteiger partial charge in [-0.2, -0.15) is 5.26 Å². The van der Waals surface area contributed by atoms with Crippen LogP contribution in [0, 0.1) is 11.3 Å². The molecule has 0 fully saturated rings. The van der Waals surface area contributed by atoms with E-state index in [1.54, 1.807) is 24.5 Å². The van der Waals surface area contributed by atoms with Gasteiger partial charge < -0.3 is 15.6 Å². The quantitative estimate of drug-likeness (QED) is 0.469. The van der Waals surface area contributed by atoms with E-state index in [-0.39, 0.29) is 5.57 Å². The van der Waals surface area contributed by atoms with E-state index in [1.165, 1.54) is 12.3 Å². The first kappa shape index (κ1) is 16.8. The van der Waals surface area contributed by atoms with Crippen LogP contribution < -0.4 is 10.6 Å². The average Bonchev–Trinajstić information content (AvgIpc) is 3.06. The molecule has 0 atom stereocenters. The fraction of sp³-hybridized carbons (Fsp3) is 0. The Morgan fingerprint density at radius 3 is 2.88 bits per heavy atom. The van der Waals surface area contributed by atoms with Crippen LogP contribution in [-0.4, -0.2) is 15.9 Å². The van der Waals surface area contributed by atoms with Gasteiger partial charge in [-0.15, -0.1) is 0 Å². The van der Waals surface area contributed by atoms with Crippen molar-refractivity contribution < 1.29 is 4.79 Å². The largest absolute Gasteiger partial charge is 0.360 e. The zero-order valence-corrected chi connectivity index (χ0v) is 14.2. The van der Waals surface area contributed by atoms with Gasteiger partial charge in [-0.3, -0.25) is 4.79 Å². The standard InChI is InChI=1S/C17H11Cl2N5O/c18-11-1-3-13(19)15(5-11)24-17(25)10(7-20)8-21-12-2-4-14-16(6-12)23-9-22-14/h1-6,8-9,21H,(H,22,23)(H,24,25)/b10-8-. The molecule has 2 aromatic carbocycles. The summed E-state index contributed by atoms with van der Waals surface area (Å²) < 4.78 is 0. The van der Waals surface area contributed by atoms with E-state index >= 15 is 0 Å². The minimum absolute atomic E-state index is 0.110. The maximum atomic E-state index is 12.2. The van der Waals surface area contributed by atoms with Gasteiger partial charge in [-0.05, 0) is 36.4 Å². The Balaban J connectivity index is 1.76. The molecule has 0 saturated heterocycles. The van der Waals surface area contributed by atoms with E-state index < -0.39 is 5.91 Å². The van der Waals surface area contributed by atoms with Crippen LogP contribution in [0.15, 0.2) is 54.5 Å². The number of nitrogens with one attached hydrogen (secondary N) is 3. The smallest absolute Gasteiger partial charge is 0.267 e. The second-order valence-electron chi connectivity index (χ2n) is 5.03. The summed E-state index contributed by atoms with van der Waals surface area (Å²) in [6.07, 6.45) is 2.92. The molecule has 0 spiro atoms. The van der Waals surface area contributed by atoms with Crippen LogP contribution in [0.4, 0.5) is 11.4 Å². The van der Waals surface area contributed by atoms with Crippen LogP contribution in [0.5, 0.6) is 0 Å². The lowest BCUT2D eigenvalue weighted by Gasteiger charge is -2.07. The van der Waals surface area contributed by atoms with Crippen molar-refractivity contribution in [3.63, 3.8) is 0 Å². The molecule has 6 nitrogen and oxygen atoms in total. The van der Waals surface area contributed by atoms with Gasteiger partial charge in [0.1, 0.15) is 11.6 Å². The molecule has 0 bridgehead atoms. The summed E-state index contributed by atoms with van der Waals surface area (Å²) in [5.74, 6) is -0.596. The van der Waals surface area contributed by atoms with Crippen molar-refractivity contribution in [1.29, 1.82) is 5.26 Å². The molecule has 1 amide bonds. The second-order valence-corrected chi connectivity index (χ2v) is 5.87. The van der Waals surface area contributed by atoms with E-state index in [0.29, 0.717) is 21.4 Å². The monoisotopic (exact) mass is 371 g/mol. The molecule has 3 aromatic rings. The maximum Gasteiger partial charge on any atom is 0.267 e. The number of carbonyl (C=O) groups excluding carboxylic acids is 1. The number of nitrogens with zero attached hydrogens (tertiary/aromatic N) is 2. The number of halogens is 2. The van der Waals surface area contributed by atoms with Crippen LogP contribution in [0.25, 0.3) is 11.0 Å². The molecular weight excluding hydrogens is 361 g/mol. The Bertz CT molecular complexity index is 1020. The molecule has 1 heterocycles. The first-order chi connectivity index (χ1) is 12.1. The molecule has 3 rings (SSSR count). The zero-order valence-electron chi connectivity index (χ0n) is 12.7. The average molecular weight is 372 g/mol. The SMILES string of the molecule is N#C/C(=C/Nc1ccc2nc[nH]c2c1)C(=O)Nc1cc(Cl)ccc1Cl. The predicted molar refractivity (Wildman–Crippen MR) is 98.5 cm³/mol. The molecule has 25 heavy (non-hydrogen) atoms. The molecule has 0 aliphatic heterocycles. The van der Waals surface area contributed by atoms with Crippen molar-refractivity contribution >= 4 is 51.5 Å². The number of hydrogen-bond acceptors (Lipinski definition) is 4. The second kappa shape index (κ2) is 7.26. The van der Waals surface area contributed by atoms with E-state index in [0.717, 1.165) is 11.0 Å². The van der Waals surface area contributed by atoms with Crippen LogP contribution in [0.1, 0.15) is 0 Å². The van der Waals surface area contributed by atoms with E-state index in [1.807, 2.05) is 18.2 Å². The summed E-state index contributed by atoms with van der Waals surface area (Å²) in [5.41, 5.74) is 2.59. The van der Waals surface area contributed by atoms with E-state index in [4.69, 9.17) is 23.2 Å². The maximum absolute atomic E-state index is 12.2. The van der Waals surface area contributed by atoms with Crippen molar-refractivity contribution in [2.24, 2.45) is 0 Å². The summed E-state index contributed by atoms with van der Waals surface area (Å²) >= 11 is 11.9. The molecule has 0 aliphatic rings. The Labute approximate surface area is 153 Å². The molecular formula is C17H11Cl2N5O. The van der Waals surface area contributed by atoms with Gasteiger partial charge in [-0.25, -0.2) is 4.98 Å². The van der Waals surface area contributed by atoms with Crippen molar-refractivity contribution in [2.75, 3.05) is 10.6 Å². The minimum Gasteiger partial charge on any atom is -0.360 e. The molecule has 124 valence electrons. The Kier molecular flexibility index (Phi) is 4.89. The highest BCUT2D eigenvalue weighted by Gasteiger charge is 2.12. The summed E-state index contributed by atoms with van der Waals surface area (Å²) in [4.78, 5) is 19.3. The number of benzene rings is 2. The summed E-state index contributed by atoms with van der Waals surface area (Å²) in [6.45, 7) is 0. The third-order valence-corrected chi connectivity index (χ3v) is 3.91. The van der Waals surface area contributed by atoms with Crippen LogP contribution in [0.3, 0.4) is 0 Å². The van der Waals surface area contributed by atoms with Crippen molar-refractivity contribution in [3.05, 3.63) is 64.5 Å².